The first-order valence-electron chi connectivity index (χ1n) is 5.40. The van der Waals surface area contributed by atoms with Gasteiger partial charge in [0.05, 0.1) is 0 Å². The molecular formula is C11H18ClNO. The summed E-state index contributed by atoms with van der Waals surface area (Å²) in [5, 5.41) is 3.02. The molecule has 0 heterocycles. The van der Waals surface area contributed by atoms with Gasteiger partial charge in [-0.1, -0.05) is 0 Å². The van der Waals surface area contributed by atoms with Gasteiger partial charge in [-0.2, -0.15) is 0 Å². The first kappa shape index (κ1) is 10.3. The third-order valence-corrected chi connectivity index (χ3v) is 4.08. The molecule has 2 aliphatic carbocycles. The Kier molecular flexibility index (Phi) is 2.50. The smallest absolute Gasteiger partial charge is 0.223 e. The van der Waals surface area contributed by atoms with Crippen molar-refractivity contribution in [2.75, 3.05) is 5.88 Å². The largest absolute Gasteiger partial charge is 0.350 e. The van der Waals surface area contributed by atoms with Crippen molar-refractivity contribution in [3.05, 3.63) is 0 Å². The lowest BCUT2D eigenvalue weighted by molar-refractivity contribution is -0.126. The quantitative estimate of drug-likeness (QED) is 0.719. The minimum atomic E-state index is -0.259. The number of fused-ring (bicyclic) bond motifs is 1. The predicted molar refractivity (Wildman–Crippen MR) is 57.3 cm³/mol. The van der Waals surface area contributed by atoms with Gasteiger partial charge in [0.2, 0.25) is 5.91 Å². The normalized spacial score (nSPS) is 35.2. The molecule has 0 aromatic carbocycles. The highest BCUT2D eigenvalue weighted by atomic mass is 35.5. The Morgan fingerprint density at radius 3 is 2.43 bits per heavy atom. The number of halogens is 1. The molecule has 0 bridgehead atoms. The van der Waals surface area contributed by atoms with Gasteiger partial charge >= 0.3 is 0 Å². The van der Waals surface area contributed by atoms with E-state index in [-0.39, 0.29) is 17.4 Å². The van der Waals surface area contributed by atoms with Crippen LogP contribution in [0.4, 0.5) is 0 Å². The molecule has 0 saturated heterocycles. The molecular weight excluding hydrogens is 198 g/mol. The van der Waals surface area contributed by atoms with E-state index in [1.54, 1.807) is 0 Å². The van der Waals surface area contributed by atoms with Crippen molar-refractivity contribution in [3.8, 4) is 0 Å². The molecule has 0 spiro atoms. The molecule has 2 unspecified atom stereocenters. The van der Waals surface area contributed by atoms with Crippen molar-refractivity contribution < 1.29 is 4.79 Å². The zero-order valence-corrected chi connectivity index (χ0v) is 9.60. The first-order valence-corrected chi connectivity index (χ1v) is 5.93. The number of hydrogen-bond donors (Lipinski definition) is 1. The molecule has 0 aliphatic heterocycles. The topological polar surface area (TPSA) is 29.1 Å². The average molecular weight is 216 g/mol. The van der Waals surface area contributed by atoms with Crippen LogP contribution in [0.5, 0.6) is 0 Å². The van der Waals surface area contributed by atoms with Crippen molar-refractivity contribution in [1.29, 1.82) is 0 Å². The van der Waals surface area contributed by atoms with E-state index in [0.29, 0.717) is 5.88 Å². The van der Waals surface area contributed by atoms with Crippen LogP contribution in [0, 0.1) is 17.8 Å². The van der Waals surface area contributed by atoms with E-state index in [4.69, 9.17) is 11.6 Å². The monoisotopic (exact) mass is 215 g/mol. The fourth-order valence-electron chi connectivity index (χ4n) is 2.40. The van der Waals surface area contributed by atoms with Crippen LogP contribution in [-0.4, -0.2) is 17.3 Å². The van der Waals surface area contributed by atoms with Crippen LogP contribution in [0.15, 0.2) is 0 Å². The molecule has 1 amide bonds. The van der Waals surface area contributed by atoms with Gasteiger partial charge in [0.15, 0.2) is 0 Å². The highest BCUT2D eigenvalue weighted by molar-refractivity contribution is 6.18. The standard InChI is InChI=1S/C11H18ClNO/c1-11(2,6-12)13-10(14)9-4-7-3-8(7)5-9/h7-9H,3-6H2,1-2H3,(H,13,14). The fourth-order valence-corrected chi connectivity index (χ4v) is 2.46. The zero-order chi connectivity index (χ0) is 10.3. The van der Waals surface area contributed by atoms with E-state index in [1.807, 2.05) is 13.8 Å². The summed E-state index contributed by atoms with van der Waals surface area (Å²) >= 11 is 5.77. The summed E-state index contributed by atoms with van der Waals surface area (Å²) in [7, 11) is 0. The number of amides is 1. The van der Waals surface area contributed by atoms with E-state index in [0.717, 1.165) is 24.7 Å². The van der Waals surface area contributed by atoms with E-state index in [1.165, 1.54) is 6.42 Å². The summed E-state index contributed by atoms with van der Waals surface area (Å²) in [5.74, 6) is 2.68. The fraction of sp³-hybridized carbons (Fsp3) is 0.909. The Balaban J connectivity index is 1.84. The van der Waals surface area contributed by atoms with Crippen LogP contribution in [-0.2, 0) is 4.79 Å². The van der Waals surface area contributed by atoms with Gasteiger partial charge in [-0.25, -0.2) is 0 Å². The Hall–Kier alpha value is -0.240. The molecule has 3 heteroatoms. The van der Waals surface area contributed by atoms with Crippen molar-refractivity contribution in [2.24, 2.45) is 17.8 Å². The van der Waals surface area contributed by atoms with E-state index in [2.05, 4.69) is 5.32 Å². The molecule has 0 aromatic rings. The highest BCUT2D eigenvalue weighted by Crippen LogP contribution is 2.54. The number of hydrogen-bond acceptors (Lipinski definition) is 1. The first-order chi connectivity index (χ1) is 6.52. The maximum Gasteiger partial charge on any atom is 0.223 e. The Morgan fingerprint density at radius 2 is 1.93 bits per heavy atom. The summed E-state index contributed by atoms with van der Waals surface area (Å²) in [6.07, 6.45) is 3.58. The van der Waals surface area contributed by atoms with E-state index >= 15 is 0 Å². The highest BCUT2D eigenvalue weighted by Gasteiger charge is 2.48. The van der Waals surface area contributed by atoms with Gasteiger partial charge in [-0.05, 0) is 44.9 Å². The van der Waals surface area contributed by atoms with Gasteiger partial charge in [0.25, 0.3) is 0 Å². The second kappa shape index (κ2) is 3.41. The number of rotatable bonds is 3. The molecule has 0 aromatic heterocycles. The van der Waals surface area contributed by atoms with Gasteiger partial charge in [-0.15, -0.1) is 11.6 Å². The number of carbonyl (C=O) groups is 1. The second-order valence-corrected chi connectivity index (χ2v) is 5.70. The van der Waals surface area contributed by atoms with Crippen LogP contribution >= 0.6 is 11.6 Å². The maximum atomic E-state index is 11.8. The molecule has 1 N–H and O–H groups in total. The summed E-state index contributed by atoms with van der Waals surface area (Å²) < 4.78 is 0. The number of nitrogens with one attached hydrogen (secondary N) is 1. The molecule has 2 rings (SSSR count). The molecule has 2 fully saturated rings. The minimum Gasteiger partial charge on any atom is -0.350 e. The summed E-state index contributed by atoms with van der Waals surface area (Å²) in [5.41, 5.74) is -0.259. The van der Waals surface area contributed by atoms with Crippen LogP contribution in [0.1, 0.15) is 33.1 Å². The maximum absolute atomic E-state index is 11.8. The summed E-state index contributed by atoms with van der Waals surface area (Å²) in [4.78, 5) is 11.8. The van der Waals surface area contributed by atoms with Crippen LogP contribution in [0.2, 0.25) is 0 Å². The Morgan fingerprint density at radius 1 is 1.36 bits per heavy atom. The van der Waals surface area contributed by atoms with Crippen molar-refractivity contribution in [2.45, 2.75) is 38.6 Å². The van der Waals surface area contributed by atoms with Crippen LogP contribution in [0.25, 0.3) is 0 Å². The van der Waals surface area contributed by atoms with Gasteiger partial charge in [-0.3, -0.25) is 4.79 Å². The molecule has 2 nitrogen and oxygen atoms in total. The molecule has 0 radical (unpaired) electrons. The van der Waals surface area contributed by atoms with E-state index < -0.39 is 0 Å². The van der Waals surface area contributed by atoms with Crippen LogP contribution in [0.3, 0.4) is 0 Å². The number of alkyl halides is 1. The van der Waals surface area contributed by atoms with Gasteiger partial charge in [0.1, 0.15) is 0 Å². The number of carbonyl (C=O) groups excluding carboxylic acids is 1. The van der Waals surface area contributed by atoms with Crippen molar-refractivity contribution in [3.63, 3.8) is 0 Å². The lowest BCUT2D eigenvalue weighted by Crippen LogP contribution is -2.47. The molecule has 80 valence electrons. The lowest BCUT2D eigenvalue weighted by Gasteiger charge is -2.25. The summed E-state index contributed by atoms with van der Waals surface area (Å²) in [6, 6.07) is 0. The Bertz CT molecular complexity index is 242. The zero-order valence-electron chi connectivity index (χ0n) is 8.85. The molecule has 14 heavy (non-hydrogen) atoms. The third kappa shape index (κ3) is 2.05. The second-order valence-electron chi connectivity index (χ2n) is 5.43. The van der Waals surface area contributed by atoms with E-state index in [9.17, 15) is 4.79 Å². The third-order valence-electron chi connectivity index (χ3n) is 3.41. The van der Waals surface area contributed by atoms with Gasteiger partial charge < -0.3 is 5.32 Å². The van der Waals surface area contributed by atoms with Gasteiger partial charge in [0, 0.05) is 17.3 Å². The predicted octanol–water partition coefficient (Wildman–Crippen LogP) is 2.17. The lowest BCUT2D eigenvalue weighted by atomic mass is 10.00. The molecule has 2 saturated carbocycles. The average Bonchev–Trinajstić information content (AvgIpc) is 2.73. The minimum absolute atomic E-state index is 0.211. The summed E-state index contributed by atoms with van der Waals surface area (Å²) in [6.45, 7) is 3.93. The SMILES string of the molecule is CC(C)(CCl)NC(=O)C1CC2CC2C1. The molecule has 2 atom stereocenters. The van der Waals surface area contributed by atoms with Crippen LogP contribution < -0.4 is 5.32 Å². The Labute approximate surface area is 90.4 Å². The van der Waals surface area contributed by atoms with Crippen molar-refractivity contribution >= 4 is 17.5 Å². The molecule has 2 aliphatic rings. The van der Waals surface area contributed by atoms with Crippen molar-refractivity contribution in [1.82, 2.24) is 5.32 Å².